The molecule has 1 aromatic rings. The summed E-state index contributed by atoms with van der Waals surface area (Å²) in [5.74, 6) is 0.421. The Kier molecular flexibility index (Phi) is 5.77. The Balaban J connectivity index is 1.61. The number of hydrazine groups is 1. The van der Waals surface area contributed by atoms with Gasteiger partial charge < -0.3 is 19.5 Å². The maximum atomic E-state index is 14.4. The first kappa shape index (κ1) is 20.7. The number of ether oxygens (including phenoxy) is 1. The molecule has 0 aliphatic carbocycles. The predicted octanol–water partition coefficient (Wildman–Crippen LogP) is 2.86. The van der Waals surface area contributed by atoms with Crippen LogP contribution in [0.25, 0.3) is 0 Å². The number of rotatable bonds is 4. The van der Waals surface area contributed by atoms with Gasteiger partial charge in [0.1, 0.15) is 18.1 Å². The van der Waals surface area contributed by atoms with Gasteiger partial charge in [0.05, 0.1) is 23.4 Å². The first-order valence-electron chi connectivity index (χ1n) is 9.43. The van der Waals surface area contributed by atoms with Gasteiger partial charge in [-0.2, -0.15) is 0 Å². The second-order valence-corrected chi connectivity index (χ2v) is 8.24. The second kappa shape index (κ2) is 7.79. The number of carbonyl (C=O) groups excluding carboxylic acids is 1. The van der Waals surface area contributed by atoms with Crippen molar-refractivity contribution in [3.63, 3.8) is 0 Å². The van der Waals surface area contributed by atoms with Gasteiger partial charge in [0, 0.05) is 37.9 Å². The number of hydrogen-bond acceptors (Lipinski definition) is 5. The van der Waals surface area contributed by atoms with Gasteiger partial charge in [-0.1, -0.05) is 11.6 Å². The maximum Gasteiger partial charge on any atom is 0.243 e. The van der Waals surface area contributed by atoms with Crippen LogP contribution in [0.15, 0.2) is 22.9 Å². The normalized spacial score (nSPS) is 19.5. The maximum absolute atomic E-state index is 14.4. The smallest absolute Gasteiger partial charge is 0.243 e. The number of anilines is 1. The molecule has 0 radical (unpaired) electrons. The Labute approximate surface area is 170 Å². The third-order valence-corrected chi connectivity index (χ3v) is 6.16. The van der Waals surface area contributed by atoms with Gasteiger partial charge in [-0.25, -0.2) is 9.82 Å². The molecule has 1 aromatic carbocycles. The Bertz CT molecular complexity index is 804. The molecular weight excluding hydrogens is 383 g/mol. The zero-order valence-electron chi connectivity index (χ0n) is 17.1. The number of piperazine rings is 1. The van der Waals surface area contributed by atoms with Crippen LogP contribution in [0, 0.1) is 12.7 Å². The SMILES string of the molecule is COc1cc(N2CCN(C(=O)CN3NC(C)(C)C(Cl)=C3C)CC2)c(F)cc1C. The Morgan fingerprint density at radius 1 is 1.25 bits per heavy atom. The minimum atomic E-state index is -0.368. The summed E-state index contributed by atoms with van der Waals surface area (Å²) < 4.78 is 19.7. The number of halogens is 2. The molecule has 0 aromatic heterocycles. The zero-order chi connectivity index (χ0) is 20.6. The van der Waals surface area contributed by atoms with Crippen LogP contribution in [0.1, 0.15) is 26.3 Å². The van der Waals surface area contributed by atoms with Crippen LogP contribution in [0.5, 0.6) is 5.75 Å². The molecule has 2 heterocycles. The van der Waals surface area contributed by atoms with Crippen molar-refractivity contribution in [2.45, 2.75) is 33.2 Å². The van der Waals surface area contributed by atoms with Gasteiger partial charge in [0.15, 0.2) is 0 Å². The first-order valence-corrected chi connectivity index (χ1v) is 9.81. The molecule has 2 aliphatic rings. The molecule has 1 fully saturated rings. The molecule has 0 spiro atoms. The summed E-state index contributed by atoms with van der Waals surface area (Å²) in [5, 5.41) is 2.52. The van der Waals surface area contributed by atoms with Gasteiger partial charge in [-0.15, -0.1) is 0 Å². The standard InChI is InChI=1S/C20H28ClFN4O2/c1-13-10-15(22)16(11-17(13)28-5)24-6-8-25(9-7-24)18(27)12-26-14(2)19(21)20(3,4)23-26/h10-11,23H,6-9,12H2,1-5H3. The van der Waals surface area contributed by atoms with Crippen molar-refractivity contribution < 1.29 is 13.9 Å². The van der Waals surface area contributed by atoms with Crippen molar-refractivity contribution in [2.75, 3.05) is 44.7 Å². The molecule has 1 saturated heterocycles. The van der Waals surface area contributed by atoms with Crippen LogP contribution in [0.3, 0.4) is 0 Å². The van der Waals surface area contributed by atoms with Crippen molar-refractivity contribution >= 4 is 23.2 Å². The van der Waals surface area contributed by atoms with E-state index in [0.29, 0.717) is 42.6 Å². The molecule has 1 amide bonds. The molecule has 3 rings (SSSR count). The van der Waals surface area contributed by atoms with E-state index in [1.807, 2.05) is 42.5 Å². The summed E-state index contributed by atoms with van der Waals surface area (Å²) in [6.45, 7) is 10.1. The highest BCUT2D eigenvalue weighted by molar-refractivity contribution is 6.31. The summed E-state index contributed by atoms with van der Waals surface area (Å²) in [4.78, 5) is 16.5. The minimum absolute atomic E-state index is 0.0237. The lowest BCUT2D eigenvalue weighted by atomic mass is 10.1. The van der Waals surface area contributed by atoms with Crippen molar-refractivity contribution in [2.24, 2.45) is 0 Å². The van der Waals surface area contributed by atoms with Crippen LogP contribution in [-0.4, -0.2) is 61.2 Å². The minimum Gasteiger partial charge on any atom is -0.496 e. The number of hydrogen-bond donors (Lipinski definition) is 1. The number of benzene rings is 1. The molecule has 1 N–H and O–H groups in total. The lowest BCUT2D eigenvalue weighted by Gasteiger charge is -2.37. The highest BCUT2D eigenvalue weighted by Gasteiger charge is 2.36. The van der Waals surface area contributed by atoms with Crippen LogP contribution in [0.2, 0.25) is 0 Å². The fourth-order valence-corrected chi connectivity index (χ4v) is 3.88. The number of methoxy groups -OCH3 is 1. The van der Waals surface area contributed by atoms with E-state index in [9.17, 15) is 9.18 Å². The largest absolute Gasteiger partial charge is 0.496 e. The number of aryl methyl sites for hydroxylation is 1. The quantitative estimate of drug-likeness (QED) is 0.827. The van der Waals surface area contributed by atoms with E-state index in [2.05, 4.69) is 5.43 Å². The molecule has 154 valence electrons. The van der Waals surface area contributed by atoms with Crippen LogP contribution in [-0.2, 0) is 4.79 Å². The van der Waals surface area contributed by atoms with E-state index in [-0.39, 0.29) is 23.8 Å². The highest BCUT2D eigenvalue weighted by atomic mass is 35.5. The third-order valence-electron chi connectivity index (χ3n) is 5.42. The predicted molar refractivity (Wildman–Crippen MR) is 109 cm³/mol. The van der Waals surface area contributed by atoms with Crippen LogP contribution in [0.4, 0.5) is 10.1 Å². The molecule has 0 atom stereocenters. The molecule has 28 heavy (non-hydrogen) atoms. The van der Waals surface area contributed by atoms with Crippen LogP contribution < -0.4 is 15.1 Å². The summed E-state index contributed by atoms with van der Waals surface area (Å²) in [6, 6.07) is 3.22. The van der Waals surface area contributed by atoms with Crippen molar-refractivity contribution in [3.05, 3.63) is 34.2 Å². The van der Waals surface area contributed by atoms with Gasteiger partial charge in [0.25, 0.3) is 0 Å². The van der Waals surface area contributed by atoms with E-state index in [0.717, 1.165) is 11.3 Å². The van der Waals surface area contributed by atoms with Crippen molar-refractivity contribution in [3.8, 4) is 5.75 Å². The molecule has 8 heteroatoms. The fraction of sp³-hybridized carbons (Fsp3) is 0.550. The molecule has 0 saturated carbocycles. The van der Waals surface area contributed by atoms with E-state index in [1.165, 1.54) is 6.07 Å². The van der Waals surface area contributed by atoms with E-state index in [1.54, 1.807) is 13.2 Å². The average Bonchev–Trinajstić information content (AvgIpc) is 2.84. The van der Waals surface area contributed by atoms with E-state index in [4.69, 9.17) is 16.3 Å². The number of amides is 1. The first-order chi connectivity index (χ1) is 13.1. The Hall–Kier alpha value is -1.99. The summed E-state index contributed by atoms with van der Waals surface area (Å²) in [7, 11) is 1.58. The van der Waals surface area contributed by atoms with E-state index >= 15 is 0 Å². The van der Waals surface area contributed by atoms with Gasteiger partial charge in [0.2, 0.25) is 5.91 Å². The number of allylic oxidation sites excluding steroid dienone is 1. The zero-order valence-corrected chi connectivity index (χ0v) is 17.9. The third kappa shape index (κ3) is 3.91. The van der Waals surface area contributed by atoms with Gasteiger partial charge in [-0.3, -0.25) is 4.79 Å². The second-order valence-electron chi connectivity index (χ2n) is 7.86. The summed E-state index contributed by atoms with van der Waals surface area (Å²) >= 11 is 6.35. The fourth-order valence-electron chi connectivity index (χ4n) is 3.74. The van der Waals surface area contributed by atoms with Crippen molar-refractivity contribution in [1.29, 1.82) is 0 Å². The number of nitrogens with zero attached hydrogens (tertiary/aromatic N) is 3. The Morgan fingerprint density at radius 3 is 2.43 bits per heavy atom. The lowest BCUT2D eigenvalue weighted by Crippen LogP contribution is -2.53. The monoisotopic (exact) mass is 410 g/mol. The number of nitrogens with one attached hydrogen (secondary N) is 1. The van der Waals surface area contributed by atoms with Gasteiger partial charge in [-0.05, 0) is 39.3 Å². The van der Waals surface area contributed by atoms with E-state index < -0.39 is 0 Å². The molecular formula is C20H28ClFN4O2. The topological polar surface area (TPSA) is 48.1 Å². The Morgan fingerprint density at radius 2 is 1.89 bits per heavy atom. The van der Waals surface area contributed by atoms with Crippen LogP contribution >= 0.6 is 11.6 Å². The highest BCUT2D eigenvalue weighted by Crippen LogP contribution is 2.32. The summed E-state index contributed by atoms with van der Waals surface area (Å²) in [6.07, 6.45) is 0. The number of carbonyl (C=O) groups is 1. The molecule has 2 aliphatic heterocycles. The lowest BCUT2D eigenvalue weighted by molar-refractivity contribution is -0.132. The average molecular weight is 411 g/mol. The summed E-state index contributed by atoms with van der Waals surface area (Å²) in [5.41, 5.74) is 5.05. The molecule has 6 nitrogen and oxygen atoms in total. The molecule has 0 bridgehead atoms. The van der Waals surface area contributed by atoms with Gasteiger partial charge >= 0.3 is 0 Å². The molecule has 0 unspecified atom stereocenters. The van der Waals surface area contributed by atoms with Crippen molar-refractivity contribution in [1.82, 2.24) is 15.3 Å².